The molecule has 2 rings (SSSR count). The Hall–Kier alpha value is -0.120. The average molecular weight is 211 g/mol. The lowest BCUT2D eigenvalue weighted by Gasteiger charge is -2.38. The van der Waals surface area contributed by atoms with Crippen LogP contribution in [0.5, 0.6) is 0 Å². The smallest absolute Gasteiger partial charge is 0.0249 e. The van der Waals surface area contributed by atoms with E-state index in [4.69, 9.17) is 0 Å². The van der Waals surface area contributed by atoms with Crippen molar-refractivity contribution in [3.8, 4) is 0 Å². The standard InChI is InChI=1S/C12H25N3/c1-14(2)8-4-9-15-10-7-13-11-5-3-6-12(11)15/h11-13H,3-10H2,1-2H3/t11-,12+/m0/s1. The van der Waals surface area contributed by atoms with E-state index >= 15 is 0 Å². The maximum Gasteiger partial charge on any atom is 0.0249 e. The first-order chi connectivity index (χ1) is 7.27. The summed E-state index contributed by atoms with van der Waals surface area (Å²) in [5.41, 5.74) is 0. The summed E-state index contributed by atoms with van der Waals surface area (Å²) >= 11 is 0. The molecule has 1 aliphatic heterocycles. The summed E-state index contributed by atoms with van der Waals surface area (Å²) < 4.78 is 0. The summed E-state index contributed by atoms with van der Waals surface area (Å²) in [5.74, 6) is 0. The van der Waals surface area contributed by atoms with Crippen molar-refractivity contribution in [1.82, 2.24) is 15.1 Å². The largest absolute Gasteiger partial charge is 0.311 e. The quantitative estimate of drug-likeness (QED) is 0.741. The monoisotopic (exact) mass is 211 g/mol. The Morgan fingerprint density at radius 3 is 3.00 bits per heavy atom. The van der Waals surface area contributed by atoms with E-state index in [1.54, 1.807) is 0 Å². The van der Waals surface area contributed by atoms with Crippen molar-refractivity contribution in [3.05, 3.63) is 0 Å². The molecule has 88 valence electrons. The van der Waals surface area contributed by atoms with E-state index in [2.05, 4.69) is 29.2 Å². The van der Waals surface area contributed by atoms with E-state index in [1.165, 1.54) is 51.9 Å². The predicted octanol–water partition coefficient (Wildman–Crippen LogP) is 0.764. The molecule has 1 aliphatic carbocycles. The summed E-state index contributed by atoms with van der Waals surface area (Å²) in [6, 6.07) is 1.65. The Morgan fingerprint density at radius 1 is 1.33 bits per heavy atom. The highest BCUT2D eigenvalue weighted by Gasteiger charge is 2.34. The summed E-state index contributed by atoms with van der Waals surface area (Å²) in [7, 11) is 4.33. The van der Waals surface area contributed by atoms with Crippen LogP contribution in [0.15, 0.2) is 0 Å². The molecule has 2 fully saturated rings. The number of hydrogen-bond acceptors (Lipinski definition) is 3. The number of piperazine rings is 1. The SMILES string of the molecule is CN(C)CCCN1CCN[C@H]2CCC[C@H]21. The maximum atomic E-state index is 3.66. The Bertz CT molecular complexity index is 193. The van der Waals surface area contributed by atoms with Crippen LogP contribution in [0.2, 0.25) is 0 Å². The van der Waals surface area contributed by atoms with E-state index in [0.717, 1.165) is 12.1 Å². The number of fused-ring (bicyclic) bond motifs is 1. The minimum Gasteiger partial charge on any atom is -0.311 e. The summed E-state index contributed by atoms with van der Waals surface area (Å²) in [6.45, 7) is 4.97. The fourth-order valence-corrected chi connectivity index (χ4v) is 3.04. The third-order valence-corrected chi connectivity index (χ3v) is 3.80. The minimum atomic E-state index is 0.804. The predicted molar refractivity (Wildman–Crippen MR) is 64.2 cm³/mol. The van der Waals surface area contributed by atoms with Crippen molar-refractivity contribution in [2.45, 2.75) is 37.8 Å². The Kier molecular flexibility index (Phi) is 4.00. The van der Waals surface area contributed by atoms with E-state index in [9.17, 15) is 0 Å². The van der Waals surface area contributed by atoms with Gasteiger partial charge >= 0.3 is 0 Å². The highest BCUT2D eigenvalue weighted by molar-refractivity contribution is 4.93. The Morgan fingerprint density at radius 2 is 2.20 bits per heavy atom. The molecule has 0 aromatic carbocycles. The normalized spacial score (nSPS) is 32.2. The van der Waals surface area contributed by atoms with E-state index in [1.807, 2.05) is 0 Å². The molecule has 0 amide bonds. The molecule has 1 saturated heterocycles. The minimum absolute atomic E-state index is 0.804. The third kappa shape index (κ3) is 2.92. The highest BCUT2D eigenvalue weighted by Crippen LogP contribution is 2.26. The van der Waals surface area contributed by atoms with Gasteiger partial charge in [-0.3, -0.25) is 4.90 Å². The van der Waals surface area contributed by atoms with Crippen LogP contribution in [-0.4, -0.2) is 62.2 Å². The van der Waals surface area contributed by atoms with Crippen LogP contribution in [0.3, 0.4) is 0 Å². The molecule has 0 aromatic rings. The van der Waals surface area contributed by atoms with Gasteiger partial charge in [0, 0.05) is 25.2 Å². The first-order valence-electron chi connectivity index (χ1n) is 6.39. The fraction of sp³-hybridized carbons (Fsp3) is 1.00. The second-order valence-electron chi connectivity index (χ2n) is 5.25. The molecule has 1 N–H and O–H groups in total. The van der Waals surface area contributed by atoms with Crippen molar-refractivity contribution in [2.75, 3.05) is 40.3 Å². The number of nitrogens with one attached hydrogen (secondary N) is 1. The Balaban J connectivity index is 1.75. The van der Waals surface area contributed by atoms with E-state index in [-0.39, 0.29) is 0 Å². The van der Waals surface area contributed by atoms with Gasteiger partial charge in [0.25, 0.3) is 0 Å². The molecule has 0 radical (unpaired) electrons. The van der Waals surface area contributed by atoms with Crippen LogP contribution in [0, 0.1) is 0 Å². The summed E-state index contributed by atoms with van der Waals surface area (Å²) in [6.07, 6.45) is 5.55. The molecule has 0 aromatic heterocycles. The zero-order valence-corrected chi connectivity index (χ0v) is 10.2. The van der Waals surface area contributed by atoms with Gasteiger partial charge in [-0.15, -0.1) is 0 Å². The fourth-order valence-electron chi connectivity index (χ4n) is 3.04. The number of hydrogen-bond donors (Lipinski definition) is 1. The zero-order chi connectivity index (χ0) is 10.7. The van der Waals surface area contributed by atoms with Crippen LogP contribution in [0.1, 0.15) is 25.7 Å². The summed E-state index contributed by atoms with van der Waals surface area (Å²) in [4.78, 5) is 5.01. The van der Waals surface area contributed by atoms with Gasteiger partial charge in [-0.1, -0.05) is 6.42 Å². The zero-order valence-electron chi connectivity index (χ0n) is 10.2. The van der Waals surface area contributed by atoms with Crippen molar-refractivity contribution in [3.63, 3.8) is 0 Å². The van der Waals surface area contributed by atoms with Crippen molar-refractivity contribution in [1.29, 1.82) is 0 Å². The molecule has 1 saturated carbocycles. The van der Waals surface area contributed by atoms with Crippen LogP contribution in [0.25, 0.3) is 0 Å². The van der Waals surface area contributed by atoms with E-state index in [0.29, 0.717) is 0 Å². The van der Waals surface area contributed by atoms with Crippen molar-refractivity contribution in [2.24, 2.45) is 0 Å². The van der Waals surface area contributed by atoms with Crippen molar-refractivity contribution < 1.29 is 0 Å². The van der Waals surface area contributed by atoms with Crippen LogP contribution in [0.4, 0.5) is 0 Å². The van der Waals surface area contributed by atoms with Gasteiger partial charge in [0.1, 0.15) is 0 Å². The average Bonchev–Trinajstić information content (AvgIpc) is 2.65. The van der Waals surface area contributed by atoms with Gasteiger partial charge in [-0.05, 0) is 46.4 Å². The number of nitrogens with zero attached hydrogens (tertiary/aromatic N) is 2. The van der Waals surface area contributed by atoms with Gasteiger partial charge < -0.3 is 10.2 Å². The highest BCUT2D eigenvalue weighted by atomic mass is 15.2. The maximum absolute atomic E-state index is 3.66. The lowest BCUT2D eigenvalue weighted by molar-refractivity contribution is 0.132. The lowest BCUT2D eigenvalue weighted by Crippen LogP contribution is -2.55. The lowest BCUT2D eigenvalue weighted by atomic mass is 10.1. The molecule has 0 bridgehead atoms. The molecule has 0 spiro atoms. The first kappa shape index (κ1) is 11.4. The first-order valence-corrected chi connectivity index (χ1v) is 6.39. The molecule has 15 heavy (non-hydrogen) atoms. The molecule has 0 unspecified atom stereocenters. The third-order valence-electron chi connectivity index (χ3n) is 3.80. The molecule has 2 atom stereocenters. The van der Waals surface area contributed by atoms with E-state index < -0.39 is 0 Å². The topological polar surface area (TPSA) is 18.5 Å². The molecular weight excluding hydrogens is 186 g/mol. The van der Waals surface area contributed by atoms with Crippen molar-refractivity contribution >= 4 is 0 Å². The summed E-state index contributed by atoms with van der Waals surface area (Å²) in [5, 5.41) is 3.66. The van der Waals surface area contributed by atoms with Gasteiger partial charge in [0.2, 0.25) is 0 Å². The van der Waals surface area contributed by atoms with Crippen LogP contribution < -0.4 is 5.32 Å². The van der Waals surface area contributed by atoms with Crippen LogP contribution >= 0.6 is 0 Å². The molecule has 3 nitrogen and oxygen atoms in total. The molecule has 2 aliphatic rings. The number of rotatable bonds is 4. The van der Waals surface area contributed by atoms with Gasteiger partial charge in [-0.2, -0.15) is 0 Å². The second-order valence-corrected chi connectivity index (χ2v) is 5.25. The Labute approximate surface area is 93.8 Å². The van der Waals surface area contributed by atoms with Crippen LogP contribution in [-0.2, 0) is 0 Å². The van der Waals surface area contributed by atoms with Gasteiger partial charge in [0.05, 0.1) is 0 Å². The second kappa shape index (κ2) is 5.28. The van der Waals surface area contributed by atoms with Gasteiger partial charge in [0.15, 0.2) is 0 Å². The van der Waals surface area contributed by atoms with Gasteiger partial charge in [-0.25, -0.2) is 0 Å². The molecule has 3 heteroatoms. The molecule has 1 heterocycles. The molecular formula is C12H25N3.